The van der Waals surface area contributed by atoms with Gasteiger partial charge < -0.3 is 28.2 Å². The van der Waals surface area contributed by atoms with Crippen molar-refractivity contribution in [1.82, 2.24) is 10.1 Å². The van der Waals surface area contributed by atoms with Crippen molar-refractivity contribution in [2.75, 3.05) is 6.61 Å². The number of aromatic nitrogens is 2. The van der Waals surface area contributed by atoms with Crippen LogP contribution in [0.1, 0.15) is 53.4 Å². The van der Waals surface area contributed by atoms with Crippen molar-refractivity contribution < 1.29 is 47.4 Å². The summed E-state index contributed by atoms with van der Waals surface area (Å²) in [4.78, 5) is 59.0. The Labute approximate surface area is 309 Å². The van der Waals surface area contributed by atoms with Gasteiger partial charge in [0.1, 0.15) is 12.7 Å². The fraction of sp³-hybridized carbons (Fsp3) is 0.143. The Morgan fingerprint density at radius 3 is 1.39 bits per heavy atom. The molecule has 6 aromatic rings. The van der Waals surface area contributed by atoms with E-state index in [1.807, 2.05) is 6.07 Å². The van der Waals surface area contributed by atoms with Gasteiger partial charge in [0.15, 0.2) is 24.4 Å². The fourth-order valence-electron chi connectivity index (χ4n) is 5.82. The van der Waals surface area contributed by atoms with Crippen LogP contribution in [0.5, 0.6) is 0 Å². The van der Waals surface area contributed by atoms with Gasteiger partial charge in [-0.25, -0.2) is 19.2 Å². The molecule has 0 bridgehead atoms. The number of nitrogens with zero attached hydrogens (tertiary/aromatic N) is 2. The second-order valence-corrected chi connectivity index (χ2v) is 12.1. The van der Waals surface area contributed by atoms with Crippen LogP contribution in [0, 0.1) is 0 Å². The van der Waals surface area contributed by atoms with E-state index in [4.69, 9.17) is 28.2 Å². The summed E-state index contributed by atoms with van der Waals surface area (Å²) in [6.45, 7) is -0.491. The second kappa shape index (κ2) is 16.6. The zero-order valence-corrected chi connectivity index (χ0v) is 28.5. The summed E-state index contributed by atoms with van der Waals surface area (Å²) in [7, 11) is 0. The van der Waals surface area contributed by atoms with Crippen LogP contribution in [0.2, 0.25) is 0 Å². The first-order valence-electron chi connectivity index (χ1n) is 17.0. The summed E-state index contributed by atoms with van der Waals surface area (Å²) in [6, 6.07) is 41.6. The van der Waals surface area contributed by atoms with Crippen molar-refractivity contribution in [1.29, 1.82) is 0 Å². The van der Waals surface area contributed by atoms with E-state index in [0.717, 1.165) is 0 Å². The van der Waals surface area contributed by atoms with Crippen LogP contribution in [0.4, 0.5) is 0 Å². The van der Waals surface area contributed by atoms with E-state index >= 15 is 0 Å². The minimum Gasteiger partial charge on any atom is -0.459 e. The van der Waals surface area contributed by atoms with Gasteiger partial charge in [0.25, 0.3) is 5.89 Å². The van der Waals surface area contributed by atoms with E-state index in [1.165, 1.54) is 0 Å². The smallest absolute Gasteiger partial charge is 0.338 e. The molecular formula is C42H32N2O10. The molecule has 12 heteroatoms. The van der Waals surface area contributed by atoms with Gasteiger partial charge >= 0.3 is 23.9 Å². The zero-order chi connectivity index (χ0) is 37.3. The molecule has 0 radical (unpaired) electrons. The molecule has 2 heterocycles. The Kier molecular flexibility index (Phi) is 10.9. The molecule has 54 heavy (non-hydrogen) atoms. The average Bonchev–Trinajstić information content (AvgIpc) is 3.73. The van der Waals surface area contributed by atoms with Crippen LogP contribution in [0.15, 0.2) is 156 Å². The third kappa shape index (κ3) is 8.24. The maximum Gasteiger partial charge on any atom is 0.338 e. The summed E-state index contributed by atoms with van der Waals surface area (Å²) >= 11 is 0. The van der Waals surface area contributed by atoms with Crippen molar-refractivity contribution in [3.8, 4) is 11.4 Å². The summed E-state index contributed by atoms with van der Waals surface area (Å²) in [6.07, 6.45) is -7.34. The van der Waals surface area contributed by atoms with Gasteiger partial charge in [0.05, 0.1) is 22.3 Å². The Bertz CT molecular complexity index is 2180. The Morgan fingerprint density at radius 2 is 0.907 bits per heavy atom. The number of carbonyl (C=O) groups is 4. The number of carbonyl (C=O) groups excluding carboxylic acids is 4. The first-order chi connectivity index (χ1) is 26.4. The molecule has 0 spiro atoms. The quantitative estimate of drug-likeness (QED) is 0.103. The predicted molar refractivity (Wildman–Crippen MR) is 191 cm³/mol. The lowest BCUT2D eigenvalue weighted by Crippen LogP contribution is -2.60. The zero-order valence-electron chi connectivity index (χ0n) is 28.5. The molecule has 12 nitrogen and oxygen atoms in total. The van der Waals surface area contributed by atoms with Crippen LogP contribution in [-0.2, 0) is 23.7 Å². The molecule has 0 saturated carbocycles. The third-order valence-electron chi connectivity index (χ3n) is 8.50. The SMILES string of the molecule is O=C(OC[C@H]1O[C@@H](c2nc(-c3ccccc3)no2)[C@H](OC(=O)c2ccccc2)[C@@H](OC(=O)c2ccccc2)[C@@H]1OC(=O)c1ccccc1)c1ccccc1. The molecular weight excluding hydrogens is 692 g/mol. The van der Waals surface area contributed by atoms with Gasteiger partial charge in [-0.3, -0.25) is 0 Å². The Hall–Kier alpha value is -6.92. The highest BCUT2D eigenvalue weighted by atomic mass is 16.7. The highest BCUT2D eigenvalue weighted by molar-refractivity contribution is 5.91. The van der Waals surface area contributed by atoms with E-state index in [1.54, 1.807) is 146 Å². The highest BCUT2D eigenvalue weighted by Crippen LogP contribution is 2.38. The average molecular weight is 725 g/mol. The van der Waals surface area contributed by atoms with Crippen molar-refractivity contribution in [2.24, 2.45) is 0 Å². The topological polar surface area (TPSA) is 153 Å². The summed E-state index contributed by atoms with van der Waals surface area (Å²) in [5, 5.41) is 4.13. The molecule has 1 fully saturated rings. The molecule has 1 aromatic heterocycles. The van der Waals surface area contributed by atoms with Gasteiger partial charge in [0.2, 0.25) is 5.82 Å². The normalized spacial score (nSPS) is 19.2. The highest BCUT2D eigenvalue weighted by Gasteiger charge is 2.55. The van der Waals surface area contributed by atoms with Crippen molar-refractivity contribution in [3.63, 3.8) is 0 Å². The van der Waals surface area contributed by atoms with Crippen LogP contribution in [0.3, 0.4) is 0 Å². The van der Waals surface area contributed by atoms with Gasteiger partial charge in [0, 0.05) is 5.56 Å². The Balaban J connectivity index is 1.32. The van der Waals surface area contributed by atoms with Gasteiger partial charge in [-0.2, -0.15) is 4.98 Å². The molecule has 270 valence electrons. The lowest BCUT2D eigenvalue weighted by atomic mass is 9.93. The fourth-order valence-corrected chi connectivity index (χ4v) is 5.82. The van der Waals surface area contributed by atoms with E-state index in [2.05, 4.69) is 10.1 Å². The third-order valence-corrected chi connectivity index (χ3v) is 8.50. The molecule has 0 amide bonds. The lowest BCUT2D eigenvalue weighted by molar-refractivity contribution is -0.236. The molecule has 5 aromatic carbocycles. The van der Waals surface area contributed by atoms with Gasteiger partial charge in [-0.1, -0.05) is 108 Å². The predicted octanol–water partition coefficient (Wildman–Crippen LogP) is 6.71. The molecule has 1 aliphatic rings. The lowest BCUT2D eigenvalue weighted by Gasteiger charge is -2.43. The van der Waals surface area contributed by atoms with E-state index < -0.39 is 61.0 Å². The van der Waals surface area contributed by atoms with Crippen molar-refractivity contribution >= 4 is 23.9 Å². The summed E-state index contributed by atoms with van der Waals surface area (Å²) < 4.78 is 36.2. The number of hydrogen-bond acceptors (Lipinski definition) is 12. The van der Waals surface area contributed by atoms with Crippen LogP contribution in [-0.4, -0.2) is 65.0 Å². The van der Waals surface area contributed by atoms with Crippen LogP contribution < -0.4 is 0 Å². The number of ether oxygens (including phenoxy) is 5. The van der Waals surface area contributed by atoms with Crippen LogP contribution >= 0.6 is 0 Å². The minimum absolute atomic E-state index is 0.146. The monoisotopic (exact) mass is 724 g/mol. The first kappa shape index (κ1) is 35.5. The second-order valence-electron chi connectivity index (χ2n) is 12.1. The van der Waals surface area contributed by atoms with E-state index in [9.17, 15) is 19.2 Å². The summed E-state index contributed by atoms with van der Waals surface area (Å²) in [5.41, 5.74) is 1.40. The van der Waals surface area contributed by atoms with Gasteiger partial charge in [-0.05, 0) is 48.5 Å². The molecule has 1 saturated heterocycles. The van der Waals surface area contributed by atoms with E-state index in [-0.39, 0.29) is 34.0 Å². The molecule has 0 unspecified atom stereocenters. The Morgan fingerprint density at radius 1 is 0.500 bits per heavy atom. The first-order valence-corrected chi connectivity index (χ1v) is 17.0. The van der Waals surface area contributed by atoms with Crippen molar-refractivity contribution in [3.05, 3.63) is 180 Å². The number of esters is 4. The molecule has 7 rings (SSSR count). The van der Waals surface area contributed by atoms with E-state index in [0.29, 0.717) is 5.56 Å². The largest absolute Gasteiger partial charge is 0.459 e. The molecule has 0 aliphatic carbocycles. The summed E-state index contributed by atoms with van der Waals surface area (Å²) in [5.74, 6) is -3.07. The number of hydrogen-bond donors (Lipinski definition) is 0. The molecule has 0 N–H and O–H groups in total. The number of benzene rings is 5. The maximum atomic E-state index is 13.8. The number of rotatable bonds is 11. The van der Waals surface area contributed by atoms with Crippen LogP contribution in [0.25, 0.3) is 11.4 Å². The molecule has 1 aliphatic heterocycles. The van der Waals surface area contributed by atoms with Gasteiger partial charge in [-0.15, -0.1) is 0 Å². The molecule has 5 atom stereocenters. The minimum atomic E-state index is -1.57. The van der Waals surface area contributed by atoms with Crippen molar-refractivity contribution in [2.45, 2.75) is 30.5 Å². The standard InChI is InChI=1S/C42H32N2O10/c45-39(28-18-8-2-9-19-28)49-26-32-33(51-40(46)29-20-10-3-11-21-29)34(52-41(47)30-22-12-4-13-23-30)35(53-42(48)31-24-14-5-15-25-31)36(50-32)38-43-37(44-54-38)27-16-6-1-7-17-27/h1-25,32-36H,26H2/t32-,33-,34+,35-,36-/m1/s1. The maximum absolute atomic E-state index is 13.8.